The number of aliphatic hydroxyl groups is 1. The lowest BCUT2D eigenvalue weighted by Crippen LogP contribution is -2.61. The van der Waals surface area contributed by atoms with Gasteiger partial charge in [-0.05, 0) is 19.1 Å². The summed E-state index contributed by atoms with van der Waals surface area (Å²) in [6, 6.07) is 2.11. The van der Waals surface area contributed by atoms with Gasteiger partial charge >= 0.3 is 0 Å². The number of β-amino-alcohol motifs (C(OH)–C–C–N with tert-alkyl or cyclic N) is 1. The van der Waals surface area contributed by atoms with E-state index in [2.05, 4.69) is 0 Å². The number of hydrogen-bond acceptors (Lipinski definition) is 3. The summed E-state index contributed by atoms with van der Waals surface area (Å²) < 4.78 is 50.6. The van der Waals surface area contributed by atoms with E-state index in [-0.39, 0.29) is 13.1 Å². The van der Waals surface area contributed by atoms with Gasteiger partial charge in [-0.3, -0.25) is 0 Å². The van der Waals surface area contributed by atoms with Gasteiger partial charge in [-0.15, -0.1) is 0 Å². The number of hydrogen-bond donors (Lipinski definition) is 1. The highest BCUT2D eigenvalue weighted by molar-refractivity contribution is 7.89. The molecule has 94 valence electrons. The fourth-order valence-electron chi connectivity index (χ4n) is 1.71. The largest absolute Gasteiger partial charge is 0.387 e. The Hall–Kier alpha value is -1.05. The highest BCUT2D eigenvalue weighted by Crippen LogP contribution is 2.28. The molecule has 1 N–H and O–H groups in total. The second kappa shape index (κ2) is 3.72. The fourth-order valence-corrected chi connectivity index (χ4v) is 3.43. The van der Waals surface area contributed by atoms with Crippen molar-refractivity contribution in [2.75, 3.05) is 13.1 Å². The molecule has 0 aliphatic carbocycles. The van der Waals surface area contributed by atoms with Gasteiger partial charge in [0.25, 0.3) is 0 Å². The Morgan fingerprint density at radius 1 is 1.24 bits per heavy atom. The molecule has 1 heterocycles. The molecule has 0 amide bonds. The van der Waals surface area contributed by atoms with Crippen LogP contribution in [0.25, 0.3) is 0 Å². The Labute approximate surface area is 97.5 Å². The van der Waals surface area contributed by atoms with E-state index < -0.39 is 32.2 Å². The molecular formula is C10H11F2NO3S. The molecule has 0 unspecified atom stereocenters. The van der Waals surface area contributed by atoms with Crippen LogP contribution in [0.2, 0.25) is 0 Å². The van der Waals surface area contributed by atoms with Gasteiger partial charge in [0.05, 0.1) is 10.5 Å². The minimum Gasteiger partial charge on any atom is -0.387 e. The normalized spacial score (nSPS) is 20.0. The third-order valence-corrected chi connectivity index (χ3v) is 4.28. The Morgan fingerprint density at radius 3 is 2.12 bits per heavy atom. The number of rotatable bonds is 2. The van der Waals surface area contributed by atoms with Gasteiger partial charge in [0.15, 0.2) is 0 Å². The maximum absolute atomic E-state index is 12.9. The molecule has 1 saturated heterocycles. The quantitative estimate of drug-likeness (QED) is 0.855. The van der Waals surface area contributed by atoms with Crippen molar-refractivity contribution in [2.45, 2.75) is 17.4 Å². The van der Waals surface area contributed by atoms with Crippen LogP contribution in [0.15, 0.2) is 23.1 Å². The number of halogens is 2. The summed E-state index contributed by atoms with van der Waals surface area (Å²) in [4.78, 5) is -0.439. The zero-order chi connectivity index (χ0) is 12.8. The summed E-state index contributed by atoms with van der Waals surface area (Å²) in [7, 11) is -3.92. The van der Waals surface area contributed by atoms with E-state index in [1.54, 1.807) is 0 Å². The molecule has 1 fully saturated rings. The van der Waals surface area contributed by atoms with Crippen LogP contribution in [0, 0.1) is 11.6 Å². The molecule has 0 radical (unpaired) electrons. The van der Waals surface area contributed by atoms with E-state index in [9.17, 15) is 22.3 Å². The molecule has 4 nitrogen and oxygen atoms in total. The van der Waals surface area contributed by atoms with Crippen molar-refractivity contribution in [3.63, 3.8) is 0 Å². The predicted molar refractivity (Wildman–Crippen MR) is 55.7 cm³/mol. The average molecular weight is 263 g/mol. The van der Waals surface area contributed by atoms with Crippen LogP contribution in [0.3, 0.4) is 0 Å². The van der Waals surface area contributed by atoms with Crippen molar-refractivity contribution in [3.8, 4) is 0 Å². The Morgan fingerprint density at radius 2 is 1.71 bits per heavy atom. The molecule has 0 bridgehead atoms. The smallest absolute Gasteiger partial charge is 0.243 e. The van der Waals surface area contributed by atoms with Crippen LogP contribution in [0.4, 0.5) is 8.78 Å². The second-order valence-corrected chi connectivity index (χ2v) is 6.31. The molecule has 0 spiro atoms. The Balaban J connectivity index is 2.33. The average Bonchev–Trinajstić information content (AvgIpc) is 2.12. The van der Waals surface area contributed by atoms with Crippen LogP contribution < -0.4 is 0 Å². The van der Waals surface area contributed by atoms with E-state index in [1.165, 1.54) is 6.92 Å². The molecule has 1 aromatic carbocycles. The van der Waals surface area contributed by atoms with Crippen molar-refractivity contribution < 1.29 is 22.3 Å². The van der Waals surface area contributed by atoms with Crippen LogP contribution >= 0.6 is 0 Å². The maximum atomic E-state index is 12.9. The summed E-state index contributed by atoms with van der Waals surface area (Å²) in [6.45, 7) is 1.34. The predicted octanol–water partition coefficient (Wildman–Crippen LogP) is 0.720. The van der Waals surface area contributed by atoms with Crippen molar-refractivity contribution in [3.05, 3.63) is 29.8 Å². The molecular weight excluding hydrogens is 252 g/mol. The molecule has 2 rings (SSSR count). The summed E-state index contributed by atoms with van der Waals surface area (Å²) >= 11 is 0. The first-order chi connectivity index (χ1) is 7.71. The van der Waals surface area contributed by atoms with Gasteiger partial charge in [-0.2, -0.15) is 4.31 Å². The van der Waals surface area contributed by atoms with Crippen LogP contribution in [0.1, 0.15) is 6.92 Å². The summed E-state index contributed by atoms with van der Waals surface area (Å²) in [5, 5.41) is 9.45. The van der Waals surface area contributed by atoms with Crippen molar-refractivity contribution in [1.82, 2.24) is 4.31 Å². The lowest BCUT2D eigenvalue weighted by molar-refractivity contribution is -0.0426. The second-order valence-electron chi connectivity index (χ2n) is 4.38. The molecule has 1 aliphatic heterocycles. The number of nitrogens with zero attached hydrogens (tertiary/aromatic N) is 1. The lowest BCUT2D eigenvalue weighted by Gasteiger charge is -2.42. The Bertz CT molecular complexity index is 528. The van der Waals surface area contributed by atoms with E-state index in [4.69, 9.17) is 0 Å². The minimum atomic E-state index is -3.92. The SMILES string of the molecule is CC1(O)CN(S(=O)(=O)c2cc(F)cc(F)c2)C1. The monoisotopic (exact) mass is 263 g/mol. The van der Waals surface area contributed by atoms with E-state index in [0.29, 0.717) is 6.07 Å². The number of benzene rings is 1. The highest BCUT2D eigenvalue weighted by atomic mass is 32.2. The standard InChI is InChI=1S/C10H11F2NO3S/c1-10(14)5-13(6-10)17(15,16)9-3-7(11)2-8(12)4-9/h2-4,14H,5-6H2,1H3. The van der Waals surface area contributed by atoms with E-state index in [0.717, 1.165) is 16.4 Å². The number of sulfonamides is 1. The highest BCUT2D eigenvalue weighted by Gasteiger charge is 2.44. The molecule has 1 aromatic rings. The van der Waals surface area contributed by atoms with Gasteiger partial charge in [0, 0.05) is 19.2 Å². The van der Waals surface area contributed by atoms with Crippen LogP contribution in [-0.2, 0) is 10.0 Å². The summed E-state index contributed by atoms with van der Waals surface area (Å²) in [5.41, 5.74) is -1.07. The lowest BCUT2D eigenvalue weighted by atomic mass is 10.0. The van der Waals surface area contributed by atoms with Crippen molar-refractivity contribution in [1.29, 1.82) is 0 Å². The first-order valence-electron chi connectivity index (χ1n) is 4.89. The minimum absolute atomic E-state index is 0.0759. The van der Waals surface area contributed by atoms with Gasteiger partial charge in [0.2, 0.25) is 10.0 Å². The zero-order valence-corrected chi connectivity index (χ0v) is 9.84. The van der Waals surface area contributed by atoms with Gasteiger partial charge in [0.1, 0.15) is 11.6 Å². The van der Waals surface area contributed by atoms with Gasteiger partial charge < -0.3 is 5.11 Å². The Kier molecular flexibility index (Phi) is 2.72. The maximum Gasteiger partial charge on any atom is 0.243 e. The topological polar surface area (TPSA) is 57.6 Å². The molecule has 7 heteroatoms. The zero-order valence-electron chi connectivity index (χ0n) is 9.02. The summed E-state index contributed by atoms with van der Waals surface area (Å²) in [5.74, 6) is -1.90. The fraction of sp³-hybridized carbons (Fsp3) is 0.400. The molecule has 0 aromatic heterocycles. The van der Waals surface area contributed by atoms with Gasteiger partial charge in [-0.25, -0.2) is 17.2 Å². The summed E-state index contributed by atoms with van der Waals surface area (Å²) in [6.07, 6.45) is 0. The third kappa shape index (κ3) is 2.31. The van der Waals surface area contributed by atoms with Gasteiger partial charge in [-0.1, -0.05) is 0 Å². The molecule has 17 heavy (non-hydrogen) atoms. The van der Waals surface area contributed by atoms with E-state index in [1.807, 2.05) is 0 Å². The van der Waals surface area contributed by atoms with Crippen molar-refractivity contribution in [2.24, 2.45) is 0 Å². The first-order valence-corrected chi connectivity index (χ1v) is 6.33. The third-order valence-electron chi connectivity index (χ3n) is 2.51. The van der Waals surface area contributed by atoms with E-state index >= 15 is 0 Å². The van der Waals surface area contributed by atoms with Crippen LogP contribution in [-0.4, -0.2) is 36.5 Å². The molecule has 0 saturated carbocycles. The molecule has 1 aliphatic rings. The van der Waals surface area contributed by atoms with Crippen molar-refractivity contribution >= 4 is 10.0 Å². The van der Waals surface area contributed by atoms with Crippen LogP contribution in [0.5, 0.6) is 0 Å². The first kappa shape index (κ1) is 12.4. The molecule has 0 atom stereocenters.